The van der Waals surface area contributed by atoms with Crippen LogP contribution in [0.15, 0.2) is 9.52 Å². The molecule has 0 atom stereocenters. The molecule has 0 fully saturated rings. The summed E-state index contributed by atoms with van der Waals surface area (Å²) < 4.78 is 5.34. The SMILES string of the molecule is Cc1nc(CN2N=C(C(=O)O)CCC2=O)oc1C. The predicted octanol–water partition coefficient (Wildman–Crippen LogP) is 0.854. The highest BCUT2D eigenvalue weighted by molar-refractivity contribution is 6.36. The fourth-order valence-corrected chi connectivity index (χ4v) is 1.61. The van der Waals surface area contributed by atoms with Crippen LogP contribution in [0.2, 0.25) is 0 Å². The molecule has 0 bridgehead atoms. The van der Waals surface area contributed by atoms with Gasteiger partial charge in [-0.1, -0.05) is 0 Å². The molecule has 1 aromatic heterocycles. The van der Waals surface area contributed by atoms with E-state index in [0.717, 1.165) is 10.7 Å². The van der Waals surface area contributed by atoms with Gasteiger partial charge in [-0.05, 0) is 13.8 Å². The zero-order valence-electron chi connectivity index (χ0n) is 10.1. The number of carboxylic acid groups (broad SMARTS) is 1. The number of nitrogens with zero attached hydrogens (tertiary/aromatic N) is 3. The molecule has 7 nitrogen and oxygen atoms in total. The maximum absolute atomic E-state index is 11.6. The summed E-state index contributed by atoms with van der Waals surface area (Å²) >= 11 is 0. The maximum atomic E-state index is 11.6. The van der Waals surface area contributed by atoms with Crippen molar-refractivity contribution < 1.29 is 19.1 Å². The first-order valence-electron chi connectivity index (χ1n) is 5.51. The van der Waals surface area contributed by atoms with Crippen LogP contribution in [0.1, 0.15) is 30.2 Å². The van der Waals surface area contributed by atoms with Gasteiger partial charge in [0.05, 0.1) is 5.69 Å². The predicted molar refractivity (Wildman–Crippen MR) is 60.8 cm³/mol. The lowest BCUT2D eigenvalue weighted by molar-refractivity contribution is -0.133. The van der Waals surface area contributed by atoms with E-state index in [1.165, 1.54) is 0 Å². The van der Waals surface area contributed by atoms with Gasteiger partial charge in [-0.3, -0.25) is 4.79 Å². The average molecular weight is 251 g/mol. The molecule has 1 amide bonds. The first-order chi connectivity index (χ1) is 8.47. The molecule has 1 aliphatic heterocycles. The summed E-state index contributed by atoms with van der Waals surface area (Å²) in [6.45, 7) is 3.63. The lowest BCUT2D eigenvalue weighted by Crippen LogP contribution is -2.33. The van der Waals surface area contributed by atoms with Crippen LogP contribution in [-0.2, 0) is 16.1 Å². The molecule has 1 N–H and O–H groups in total. The van der Waals surface area contributed by atoms with Crippen LogP contribution in [0.3, 0.4) is 0 Å². The second-order valence-electron chi connectivity index (χ2n) is 4.05. The Labute approximate surface area is 103 Å². The zero-order valence-corrected chi connectivity index (χ0v) is 10.1. The van der Waals surface area contributed by atoms with Gasteiger partial charge >= 0.3 is 5.97 Å². The Kier molecular flexibility index (Phi) is 3.14. The van der Waals surface area contributed by atoms with E-state index in [2.05, 4.69) is 10.1 Å². The number of carboxylic acids is 1. The molecular formula is C11H13N3O4. The molecule has 0 saturated heterocycles. The fraction of sp³-hybridized carbons (Fsp3) is 0.455. The Hall–Kier alpha value is -2.18. The molecule has 0 aliphatic carbocycles. The first-order valence-corrected chi connectivity index (χ1v) is 5.51. The van der Waals surface area contributed by atoms with E-state index in [9.17, 15) is 9.59 Å². The Bertz CT molecular complexity index is 513. The van der Waals surface area contributed by atoms with Crippen LogP contribution in [0.5, 0.6) is 0 Å². The Morgan fingerprint density at radius 1 is 1.44 bits per heavy atom. The highest BCUT2D eigenvalue weighted by atomic mass is 16.4. The van der Waals surface area contributed by atoms with Crippen molar-refractivity contribution in [1.82, 2.24) is 9.99 Å². The fourth-order valence-electron chi connectivity index (χ4n) is 1.61. The molecule has 0 radical (unpaired) electrons. The number of aryl methyl sites for hydroxylation is 2. The van der Waals surface area contributed by atoms with Crippen LogP contribution in [0, 0.1) is 13.8 Å². The average Bonchev–Trinajstić information content (AvgIpc) is 2.61. The van der Waals surface area contributed by atoms with E-state index in [-0.39, 0.29) is 31.0 Å². The number of aliphatic carboxylic acids is 1. The summed E-state index contributed by atoms with van der Waals surface area (Å²) in [6.07, 6.45) is 0.304. The Morgan fingerprint density at radius 3 is 2.72 bits per heavy atom. The minimum Gasteiger partial charge on any atom is -0.477 e. The highest BCUT2D eigenvalue weighted by Crippen LogP contribution is 2.15. The van der Waals surface area contributed by atoms with Gasteiger partial charge in [0, 0.05) is 12.8 Å². The summed E-state index contributed by atoms with van der Waals surface area (Å²) in [7, 11) is 0. The van der Waals surface area contributed by atoms with Gasteiger partial charge in [0.2, 0.25) is 11.8 Å². The number of hydrazone groups is 1. The van der Waals surface area contributed by atoms with Crippen LogP contribution in [0.4, 0.5) is 0 Å². The van der Waals surface area contributed by atoms with Crippen LogP contribution in [-0.4, -0.2) is 32.7 Å². The lowest BCUT2D eigenvalue weighted by Gasteiger charge is -2.20. The molecule has 2 rings (SSSR count). The number of carbonyl (C=O) groups is 2. The normalized spacial score (nSPS) is 15.8. The standard InChI is InChI=1S/C11H13N3O4/c1-6-7(2)18-9(12-6)5-14-10(15)4-3-8(13-14)11(16)17/h3-5H2,1-2H3,(H,16,17). The second-order valence-corrected chi connectivity index (χ2v) is 4.05. The van der Waals surface area contributed by atoms with Gasteiger partial charge in [-0.15, -0.1) is 0 Å². The van der Waals surface area contributed by atoms with Crippen molar-refractivity contribution in [2.45, 2.75) is 33.2 Å². The maximum Gasteiger partial charge on any atom is 0.352 e. The van der Waals surface area contributed by atoms with E-state index in [0.29, 0.717) is 11.7 Å². The molecule has 0 saturated carbocycles. The van der Waals surface area contributed by atoms with Gasteiger partial charge in [-0.2, -0.15) is 5.10 Å². The molecule has 7 heteroatoms. The molecule has 0 aromatic carbocycles. The van der Waals surface area contributed by atoms with Crippen molar-refractivity contribution in [2.75, 3.05) is 0 Å². The number of oxazole rings is 1. The molecule has 18 heavy (non-hydrogen) atoms. The molecule has 0 spiro atoms. The van der Waals surface area contributed by atoms with E-state index < -0.39 is 5.97 Å². The van der Waals surface area contributed by atoms with Crippen molar-refractivity contribution in [3.63, 3.8) is 0 Å². The van der Waals surface area contributed by atoms with Crippen molar-refractivity contribution in [2.24, 2.45) is 5.10 Å². The third kappa shape index (κ3) is 2.39. The van der Waals surface area contributed by atoms with Crippen molar-refractivity contribution >= 4 is 17.6 Å². The van der Waals surface area contributed by atoms with Gasteiger partial charge in [0.15, 0.2) is 0 Å². The number of hydrogen-bond donors (Lipinski definition) is 1. The van der Waals surface area contributed by atoms with Crippen molar-refractivity contribution in [1.29, 1.82) is 0 Å². The van der Waals surface area contributed by atoms with Gasteiger partial charge < -0.3 is 9.52 Å². The molecule has 96 valence electrons. The summed E-state index contributed by atoms with van der Waals surface area (Å²) in [5, 5.41) is 13.7. The Morgan fingerprint density at radius 2 is 2.17 bits per heavy atom. The topological polar surface area (TPSA) is 96.0 Å². The van der Waals surface area contributed by atoms with Gasteiger partial charge in [-0.25, -0.2) is 14.8 Å². The van der Waals surface area contributed by atoms with Crippen molar-refractivity contribution in [3.8, 4) is 0 Å². The van der Waals surface area contributed by atoms with Gasteiger partial charge in [0.25, 0.3) is 0 Å². The van der Waals surface area contributed by atoms with Crippen LogP contribution < -0.4 is 0 Å². The lowest BCUT2D eigenvalue weighted by atomic mass is 10.2. The molecule has 1 aliphatic rings. The number of aromatic nitrogens is 1. The number of amides is 1. The van der Waals surface area contributed by atoms with E-state index >= 15 is 0 Å². The molecule has 2 heterocycles. The van der Waals surface area contributed by atoms with E-state index in [4.69, 9.17) is 9.52 Å². The second kappa shape index (κ2) is 4.59. The monoisotopic (exact) mass is 251 g/mol. The number of rotatable bonds is 3. The van der Waals surface area contributed by atoms with Crippen molar-refractivity contribution in [3.05, 3.63) is 17.3 Å². The smallest absolute Gasteiger partial charge is 0.352 e. The summed E-state index contributed by atoms with van der Waals surface area (Å²) in [5.74, 6) is -0.300. The van der Waals surface area contributed by atoms with E-state index in [1.54, 1.807) is 13.8 Å². The summed E-state index contributed by atoms with van der Waals surface area (Å²) in [5.41, 5.74) is 0.728. The minimum absolute atomic E-state index is 0.0189. The van der Waals surface area contributed by atoms with Crippen LogP contribution in [0.25, 0.3) is 0 Å². The van der Waals surface area contributed by atoms with Crippen LogP contribution >= 0.6 is 0 Å². The number of carbonyl (C=O) groups excluding carboxylic acids is 1. The zero-order chi connectivity index (χ0) is 13.3. The third-order valence-electron chi connectivity index (χ3n) is 2.71. The third-order valence-corrected chi connectivity index (χ3v) is 2.71. The largest absolute Gasteiger partial charge is 0.477 e. The molecule has 0 unspecified atom stereocenters. The van der Waals surface area contributed by atoms with E-state index in [1.807, 2.05) is 0 Å². The Balaban J connectivity index is 2.18. The molecular weight excluding hydrogens is 238 g/mol. The molecule has 1 aromatic rings. The first kappa shape index (κ1) is 12.3. The number of hydrogen-bond acceptors (Lipinski definition) is 5. The minimum atomic E-state index is -1.10. The summed E-state index contributed by atoms with van der Waals surface area (Å²) in [6, 6.07) is 0. The highest BCUT2D eigenvalue weighted by Gasteiger charge is 2.25. The quantitative estimate of drug-likeness (QED) is 0.859. The summed E-state index contributed by atoms with van der Waals surface area (Å²) in [4.78, 5) is 26.6. The van der Waals surface area contributed by atoms with Gasteiger partial charge in [0.1, 0.15) is 18.0 Å².